The number of nitrogens with one attached hydrogen (secondary N) is 2. The fourth-order valence-corrected chi connectivity index (χ4v) is 2.08. The Bertz CT molecular complexity index is 400. The Kier molecular flexibility index (Phi) is 3.61. The van der Waals surface area contributed by atoms with Gasteiger partial charge in [0.1, 0.15) is 0 Å². The Labute approximate surface area is 104 Å². The summed E-state index contributed by atoms with van der Waals surface area (Å²) in [5.74, 6) is 0.0179. The third kappa shape index (κ3) is 2.62. The molecule has 2 rings (SSSR count). The van der Waals surface area contributed by atoms with Crippen LogP contribution in [-0.2, 0) is 0 Å². The highest BCUT2D eigenvalue weighted by Crippen LogP contribution is 2.17. The van der Waals surface area contributed by atoms with E-state index in [1.54, 1.807) is 0 Å². The zero-order chi connectivity index (χ0) is 11.5. The van der Waals surface area contributed by atoms with Crippen molar-refractivity contribution in [3.05, 3.63) is 33.8 Å². The maximum atomic E-state index is 11.9. The number of rotatable bonds is 2. The van der Waals surface area contributed by atoms with E-state index in [1.807, 2.05) is 25.1 Å². The lowest BCUT2D eigenvalue weighted by Gasteiger charge is -2.11. The van der Waals surface area contributed by atoms with Gasteiger partial charge < -0.3 is 10.6 Å². The Morgan fingerprint density at radius 2 is 2.38 bits per heavy atom. The third-order valence-corrected chi connectivity index (χ3v) is 3.71. The average molecular weight is 283 g/mol. The van der Waals surface area contributed by atoms with Gasteiger partial charge in [-0.3, -0.25) is 4.79 Å². The first kappa shape index (κ1) is 11.6. The third-order valence-electron chi connectivity index (χ3n) is 2.82. The van der Waals surface area contributed by atoms with Crippen molar-refractivity contribution < 1.29 is 4.79 Å². The van der Waals surface area contributed by atoms with E-state index < -0.39 is 0 Å². The maximum Gasteiger partial charge on any atom is 0.251 e. The van der Waals surface area contributed by atoms with Gasteiger partial charge in [0.2, 0.25) is 0 Å². The molecule has 1 aliphatic heterocycles. The molecule has 0 unspecified atom stereocenters. The molecule has 86 valence electrons. The topological polar surface area (TPSA) is 41.1 Å². The van der Waals surface area contributed by atoms with Gasteiger partial charge in [0, 0.05) is 22.6 Å². The minimum absolute atomic E-state index is 0.0179. The summed E-state index contributed by atoms with van der Waals surface area (Å²) >= 11 is 3.42. The van der Waals surface area contributed by atoms with Gasteiger partial charge in [0.15, 0.2) is 0 Å². The number of amides is 1. The van der Waals surface area contributed by atoms with E-state index in [1.165, 1.54) is 0 Å². The van der Waals surface area contributed by atoms with Gasteiger partial charge in [-0.1, -0.05) is 15.9 Å². The van der Waals surface area contributed by atoms with Crippen LogP contribution >= 0.6 is 15.9 Å². The van der Waals surface area contributed by atoms with Gasteiger partial charge in [-0.05, 0) is 43.7 Å². The smallest absolute Gasteiger partial charge is 0.251 e. The van der Waals surface area contributed by atoms with Crippen LogP contribution in [0.3, 0.4) is 0 Å². The summed E-state index contributed by atoms with van der Waals surface area (Å²) in [5, 5.41) is 6.25. The van der Waals surface area contributed by atoms with Crippen LogP contribution in [0.2, 0.25) is 0 Å². The summed E-state index contributed by atoms with van der Waals surface area (Å²) in [6.45, 7) is 3.85. The molecule has 1 aliphatic rings. The second-order valence-electron chi connectivity index (χ2n) is 4.13. The summed E-state index contributed by atoms with van der Waals surface area (Å²) in [4.78, 5) is 11.9. The lowest BCUT2D eigenvalue weighted by molar-refractivity contribution is 0.0940. The van der Waals surface area contributed by atoms with Crippen molar-refractivity contribution in [2.75, 3.05) is 13.1 Å². The van der Waals surface area contributed by atoms with Crippen molar-refractivity contribution in [1.82, 2.24) is 10.6 Å². The molecule has 0 aromatic heterocycles. The number of carbonyl (C=O) groups excluding carboxylic acids is 1. The van der Waals surface area contributed by atoms with Crippen LogP contribution in [0.1, 0.15) is 22.3 Å². The zero-order valence-corrected chi connectivity index (χ0v) is 10.8. The number of hydrogen-bond donors (Lipinski definition) is 2. The van der Waals surface area contributed by atoms with E-state index in [0.717, 1.165) is 35.1 Å². The molecule has 0 spiro atoms. The van der Waals surface area contributed by atoms with Crippen molar-refractivity contribution in [3.8, 4) is 0 Å². The highest BCUT2D eigenvalue weighted by Gasteiger charge is 2.17. The molecule has 1 heterocycles. The second kappa shape index (κ2) is 4.97. The molecule has 1 saturated heterocycles. The molecule has 4 heteroatoms. The van der Waals surface area contributed by atoms with Crippen LogP contribution in [0.15, 0.2) is 22.7 Å². The number of hydrogen-bond acceptors (Lipinski definition) is 2. The molecule has 16 heavy (non-hydrogen) atoms. The maximum absolute atomic E-state index is 11.9. The van der Waals surface area contributed by atoms with Gasteiger partial charge >= 0.3 is 0 Å². The molecule has 0 saturated carbocycles. The van der Waals surface area contributed by atoms with Gasteiger partial charge in [-0.15, -0.1) is 0 Å². The van der Waals surface area contributed by atoms with Crippen LogP contribution in [0.4, 0.5) is 0 Å². The average Bonchev–Trinajstić information content (AvgIpc) is 2.74. The molecule has 1 amide bonds. The lowest BCUT2D eigenvalue weighted by atomic mass is 10.1. The standard InChI is InChI=1S/C12H15BrN2O/c1-8-6-9(2-3-11(8)13)12(16)15-10-4-5-14-7-10/h2-3,6,10,14H,4-5,7H2,1H3,(H,15,16)/t10-/m0/s1. The Morgan fingerprint density at radius 3 is 3.00 bits per heavy atom. The van der Waals surface area contributed by atoms with Crippen LogP contribution in [0.25, 0.3) is 0 Å². The highest BCUT2D eigenvalue weighted by atomic mass is 79.9. The molecule has 0 bridgehead atoms. The number of benzene rings is 1. The highest BCUT2D eigenvalue weighted by molar-refractivity contribution is 9.10. The molecule has 0 radical (unpaired) electrons. The molecule has 3 nitrogen and oxygen atoms in total. The van der Waals surface area contributed by atoms with Crippen molar-refractivity contribution in [2.45, 2.75) is 19.4 Å². The minimum Gasteiger partial charge on any atom is -0.348 e. The van der Waals surface area contributed by atoms with Crippen molar-refractivity contribution in [3.63, 3.8) is 0 Å². The molecule has 1 fully saturated rings. The summed E-state index contributed by atoms with van der Waals surface area (Å²) in [6, 6.07) is 5.93. The molecule has 1 aromatic rings. The van der Waals surface area contributed by atoms with Crippen LogP contribution < -0.4 is 10.6 Å². The second-order valence-corrected chi connectivity index (χ2v) is 4.98. The summed E-state index contributed by atoms with van der Waals surface area (Å²) < 4.78 is 1.03. The first-order valence-corrected chi connectivity index (χ1v) is 6.24. The van der Waals surface area contributed by atoms with Crippen LogP contribution in [0, 0.1) is 6.92 Å². The van der Waals surface area contributed by atoms with E-state index in [0.29, 0.717) is 0 Å². The van der Waals surface area contributed by atoms with Crippen molar-refractivity contribution >= 4 is 21.8 Å². The minimum atomic E-state index is 0.0179. The van der Waals surface area contributed by atoms with E-state index >= 15 is 0 Å². The van der Waals surface area contributed by atoms with E-state index in [-0.39, 0.29) is 11.9 Å². The van der Waals surface area contributed by atoms with Crippen LogP contribution in [0.5, 0.6) is 0 Å². The van der Waals surface area contributed by atoms with Gasteiger partial charge in [-0.2, -0.15) is 0 Å². The Morgan fingerprint density at radius 1 is 1.56 bits per heavy atom. The normalized spacial score (nSPS) is 19.8. The predicted molar refractivity (Wildman–Crippen MR) is 67.6 cm³/mol. The number of carbonyl (C=O) groups is 1. The summed E-state index contributed by atoms with van der Waals surface area (Å²) in [7, 11) is 0. The van der Waals surface area contributed by atoms with Gasteiger partial charge in [0.25, 0.3) is 5.91 Å². The molecule has 1 atom stereocenters. The molecule has 2 N–H and O–H groups in total. The summed E-state index contributed by atoms with van der Waals surface area (Å²) in [6.07, 6.45) is 1.02. The van der Waals surface area contributed by atoms with Crippen molar-refractivity contribution in [1.29, 1.82) is 0 Å². The Hall–Kier alpha value is -0.870. The summed E-state index contributed by atoms with van der Waals surface area (Å²) in [5.41, 5.74) is 1.81. The number of halogens is 1. The predicted octanol–water partition coefficient (Wildman–Crippen LogP) is 1.85. The molecular formula is C12H15BrN2O. The Balaban J connectivity index is 2.05. The fourth-order valence-electron chi connectivity index (χ4n) is 1.83. The van der Waals surface area contributed by atoms with Gasteiger partial charge in [0.05, 0.1) is 0 Å². The molecule has 1 aromatic carbocycles. The number of aryl methyl sites for hydroxylation is 1. The molecular weight excluding hydrogens is 268 g/mol. The van der Waals surface area contributed by atoms with E-state index in [4.69, 9.17) is 0 Å². The largest absolute Gasteiger partial charge is 0.348 e. The zero-order valence-electron chi connectivity index (χ0n) is 9.22. The monoisotopic (exact) mass is 282 g/mol. The van der Waals surface area contributed by atoms with E-state index in [9.17, 15) is 4.79 Å². The van der Waals surface area contributed by atoms with Crippen molar-refractivity contribution in [2.24, 2.45) is 0 Å². The first-order valence-electron chi connectivity index (χ1n) is 5.44. The first-order chi connectivity index (χ1) is 7.66. The van der Waals surface area contributed by atoms with Crippen LogP contribution in [-0.4, -0.2) is 25.0 Å². The van der Waals surface area contributed by atoms with E-state index in [2.05, 4.69) is 26.6 Å². The SMILES string of the molecule is Cc1cc(C(=O)N[C@H]2CCNC2)ccc1Br. The fraction of sp³-hybridized carbons (Fsp3) is 0.417. The lowest BCUT2D eigenvalue weighted by Crippen LogP contribution is -2.36. The quantitative estimate of drug-likeness (QED) is 0.869. The molecule has 0 aliphatic carbocycles. The van der Waals surface area contributed by atoms with Gasteiger partial charge in [-0.25, -0.2) is 0 Å².